The zero-order valence-electron chi connectivity index (χ0n) is 10.1. The monoisotopic (exact) mass is 265 g/mol. The number of carbonyl (C=O) groups is 3. The first-order valence-corrected chi connectivity index (χ1v) is 5.61. The van der Waals surface area contributed by atoms with E-state index in [1.54, 1.807) is 0 Å². The molecule has 2 N–H and O–H groups in total. The Kier molecular flexibility index (Phi) is 3.57. The maximum absolute atomic E-state index is 12.9. The van der Waals surface area contributed by atoms with Gasteiger partial charge in [0.15, 0.2) is 0 Å². The lowest BCUT2D eigenvalue weighted by Gasteiger charge is -2.12. The van der Waals surface area contributed by atoms with Crippen molar-refractivity contribution in [2.45, 2.75) is 12.5 Å². The van der Waals surface area contributed by atoms with Gasteiger partial charge in [0.05, 0.1) is 6.42 Å². The number of likely N-dealkylation sites (N-methyl/N-ethyl adjacent to an activating group) is 1. The largest absolute Gasteiger partial charge is 0.287 e. The fraction of sp³-hybridized carbons (Fsp3) is 0.250. The van der Waals surface area contributed by atoms with Gasteiger partial charge in [-0.05, 0) is 18.2 Å². The molecule has 3 amide bonds. The molecule has 1 heterocycles. The number of rotatable bonds is 3. The number of halogens is 1. The van der Waals surface area contributed by atoms with Crippen LogP contribution in [0.25, 0.3) is 0 Å². The summed E-state index contributed by atoms with van der Waals surface area (Å²) in [5, 5.41) is 0. The molecule has 1 aliphatic heterocycles. The van der Waals surface area contributed by atoms with Gasteiger partial charge >= 0.3 is 0 Å². The van der Waals surface area contributed by atoms with Crippen molar-refractivity contribution >= 4 is 17.7 Å². The highest BCUT2D eigenvalue weighted by atomic mass is 19.1. The van der Waals surface area contributed by atoms with E-state index in [1.165, 1.54) is 25.2 Å². The predicted octanol–water partition coefficient (Wildman–Crippen LogP) is -0.183. The van der Waals surface area contributed by atoms with Gasteiger partial charge in [-0.15, -0.1) is 0 Å². The van der Waals surface area contributed by atoms with Crippen molar-refractivity contribution in [2.75, 3.05) is 7.05 Å². The Morgan fingerprint density at radius 1 is 1.42 bits per heavy atom. The number of benzene rings is 1. The number of carbonyl (C=O) groups excluding carboxylic acids is 3. The van der Waals surface area contributed by atoms with Crippen molar-refractivity contribution in [1.29, 1.82) is 0 Å². The summed E-state index contributed by atoms with van der Waals surface area (Å²) in [7, 11) is 1.38. The van der Waals surface area contributed by atoms with E-state index in [9.17, 15) is 18.8 Å². The van der Waals surface area contributed by atoms with E-state index < -0.39 is 23.7 Å². The standard InChI is InChI=1S/C12H12FN3O3/c1-16-10(17)6-9(12(16)19)14-15-11(18)7-3-2-4-8(13)5-7/h2-5,9,14H,6H2,1H3,(H,15,18)/t9-/m0/s1. The predicted molar refractivity (Wildman–Crippen MR) is 63.2 cm³/mol. The quantitative estimate of drug-likeness (QED) is 0.587. The molecule has 100 valence electrons. The molecular formula is C12H12FN3O3. The summed E-state index contributed by atoms with van der Waals surface area (Å²) in [6.45, 7) is 0. The number of hydrazine groups is 1. The van der Waals surface area contributed by atoms with Crippen LogP contribution in [0.2, 0.25) is 0 Å². The number of hydrogen-bond acceptors (Lipinski definition) is 4. The van der Waals surface area contributed by atoms with Gasteiger partial charge in [-0.1, -0.05) is 6.07 Å². The number of imide groups is 1. The van der Waals surface area contributed by atoms with Gasteiger partial charge in [0.25, 0.3) is 5.91 Å². The highest BCUT2D eigenvalue weighted by molar-refractivity contribution is 6.05. The SMILES string of the molecule is CN1C(=O)C[C@H](NNC(=O)c2cccc(F)c2)C1=O. The van der Waals surface area contributed by atoms with Crippen LogP contribution in [0, 0.1) is 5.82 Å². The third-order valence-electron chi connectivity index (χ3n) is 2.83. The van der Waals surface area contributed by atoms with Crippen molar-refractivity contribution in [3.05, 3.63) is 35.6 Å². The smallest absolute Gasteiger partial charge is 0.265 e. The second-order valence-electron chi connectivity index (χ2n) is 4.16. The number of nitrogens with one attached hydrogen (secondary N) is 2. The number of likely N-dealkylation sites (tertiary alicyclic amines) is 1. The normalized spacial score (nSPS) is 18.8. The van der Waals surface area contributed by atoms with Gasteiger partial charge in [-0.3, -0.25) is 24.7 Å². The van der Waals surface area contributed by atoms with Crippen LogP contribution >= 0.6 is 0 Å². The highest BCUT2D eigenvalue weighted by Crippen LogP contribution is 2.09. The Hall–Kier alpha value is -2.28. The fourth-order valence-electron chi connectivity index (χ4n) is 1.72. The molecule has 6 nitrogen and oxygen atoms in total. The van der Waals surface area contributed by atoms with Crippen molar-refractivity contribution in [2.24, 2.45) is 0 Å². The molecule has 1 atom stereocenters. The maximum atomic E-state index is 12.9. The zero-order valence-corrected chi connectivity index (χ0v) is 10.1. The summed E-state index contributed by atoms with van der Waals surface area (Å²) in [4.78, 5) is 35.5. The van der Waals surface area contributed by atoms with Crippen LogP contribution in [-0.4, -0.2) is 35.7 Å². The van der Waals surface area contributed by atoms with E-state index in [4.69, 9.17) is 0 Å². The van der Waals surface area contributed by atoms with E-state index in [-0.39, 0.29) is 17.9 Å². The Labute approximate surface area is 108 Å². The lowest BCUT2D eigenvalue weighted by molar-refractivity contribution is -0.137. The van der Waals surface area contributed by atoms with E-state index in [0.717, 1.165) is 11.0 Å². The second kappa shape index (κ2) is 5.15. The van der Waals surface area contributed by atoms with E-state index in [2.05, 4.69) is 10.9 Å². The lowest BCUT2D eigenvalue weighted by atomic mass is 10.2. The minimum atomic E-state index is -0.782. The Bertz CT molecular complexity index is 547. The van der Waals surface area contributed by atoms with Crippen LogP contribution in [0.15, 0.2) is 24.3 Å². The first kappa shape index (κ1) is 13.2. The number of hydrogen-bond donors (Lipinski definition) is 2. The van der Waals surface area contributed by atoms with E-state index in [0.29, 0.717) is 0 Å². The Balaban J connectivity index is 1.95. The van der Waals surface area contributed by atoms with Gasteiger partial charge in [-0.25, -0.2) is 9.82 Å². The van der Waals surface area contributed by atoms with E-state index in [1.807, 2.05) is 0 Å². The Morgan fingerprint density at radius 3 is 2.74 bits per heavy atom. The number of amides is 3. The summed E-state index contributed by atoms with van der Waals surface area (Å²) in [6, 6.07) is 4.36. The van der Waals surface area contributed by atoms with Crippen LogP contribution in [0.5, 0.6) is 0 Å². The van der Waals surface area contributed by atoms with Crippen LogP contribution in [-0.2, 0) is 9.59 Å². The van der Waals surface area contributed by atoms with Crippen molar-refractivity contribution in [3.8, 4) is 0 Å². The summed E-state index contributed by atoms with van der Waals surface area (Å²) in [6.07, 6.45) is -0.0151. The van der Waals surface area contributed by atoms with Crippen LogP contribution < -0.4 is 10.9 Å². The molecule has 0 spiro atoms. The lowest BCUT2D eigenvalue weighted by Crippen LogP contribution is -2.47. The molecule has 1 aliphatic rings. The van der Waals surface area contributed by atoms with Crippen molar-refractivity contribution in [1.82, 2.24) is 15.8 Å². The molecule has 0 bridgehead atoms. The third kappa shape index (κ3) is 2.76. The van der Waals surface area contributed by atoms with Gasteiger partial charge < -0.3 is 0 Å². The summed E-state index contributed by atoms with van der Waals surface area (Å²) in [5.74, 6) is -1.83. The molecule has 0 radical (unpaired) electrons. The first-order chi connectivity index (χ1) is 8.99. The molecule has 1 saturated heterocycles. The first-order valence-electron chi connectivity index (χ1n) is 5.61. The average molecular weight is 265 g/mol. The molecule has 1 aromatic carbocycles. The highest BCUT2D eigenvalue weighted by Gasteiger charge is 2.36. The van der Waals surface area contributed by atoms with E-state index >= 15 is 0 Å². The molecule has 1 aromatic rings. The molecule has 0 unspecified atom stereocenters. The molecule has 0 aliphatic carbocycles. The summed E-state index contributed by atoms with van der Waals surface area (Å²) >= 11 is 0. The fourth-order valence-corrected chi connectivity index (χ4v) is 1.72. The van der Waals surface area contributed by atoms with Gasteiger partial charge in [0, 0.05) is 12.6 Å². The average Bonchev–Trinajstić information content (AvgIpc) is 2.63. The van der Waals surface area contributed by atoms with Crippen LogP contribution in [0.3, 0.4) is 0 Å². The zero-order chi connectivity index (χ0) is 14.0. The molecule has 19 heavy (non-hydrogen) atoms. The number of nitrogens with zero attached hydrogens (tertiary/aromatic N) is 1. The summed E-state index contributed by atoms with van der Waals surface area (Å²) < 4.78 is 12.9. The molecule has 0 saturated carbocycles. The molecular weight excluding hydrogens is 253 g/mol. The van der Waals surface area contributed by atoms with Crippen molar-refractivity contribution in [3.63, 3.8) is 0 Å². The van der Waals surface area contributed by atoms with Crippen molar-refractivity contribution < 1.29 is 18.8 Å². The molecule has 0 aromatic heterocycles. The molecule has 1 fully saturated rings. The van der Waals surface area contributed by atoms with Crippen LogP contribution in [0.1, 0.15) is 16.8 Å². The second-order valence-corrected chi connectivity index (χ2v) is 4.16. The summed E-state index contributed by atoms with van der Waals surface area (Å²) in [5.41, 5.74) is 4.88. The van der Waals surface area contributed by atoms with Gasteiger partial charge in [0.2, 0.25) is 11.8 Å². The minimum Gasteiger partial charge on any atom is -0.287 e. The third-order valence-corrected chi connectivity index (χ3v) is 2.83. The molecule has 2 rings (SSSR count). The Morgan fingerprint density at radius 2 is 2.16 bits per heavy atom. The maximum Gasteiger partial charge on any atom is 0.265 e. The molecule has 7 heteroatoms. The topological polar surface area (TPSA) is 78.5 Å². The van der Waals surface area contributed by atoms with Gasteiger partial charge in [-0.2, -0.15) is 0 Å². The van der Waals surface area contributed by atoms with Crippen LogP contribution in [0.4, 0.5) is 4.39 Å². The minimum absolute atomic E-state index is 0.0151. The van der Waals surface area contributed by atoms with Gasteiger partial charge in [0.1, 0.15) is 11.9 Å².